The lowest BCUT2D eigenvalue weighted by Gasteiger charge is -2.02. The first-order chi connectivity index (χ1) is 12.7. The van der Waals surface area contributed by atoms with E-state index in [1.54, 1.807) is 24.7 Å². The molecule has 9 nitrogen and oxygen atoms in total. The predicted molar refractivity (Wildman–Crippen MR) is 93.2 cm³/mol. The highest BCUT2D eigenvalue weighted by Crippen LogP contribution is 2.24. The molecule has 0 atom stereocenters. The Bertz CT molecular complexity index is 1040. The molecule has 2 heterocycles. The third-order valence-electron chi connectivity index (χ3n) is 3.65. The summed E-state index contributed by atoms with van der Waals surface area (Å²) in [6.07, 6.45) is 5.27. The first-order valence-electron chi connectivity index (χ1n) is 7.63. The van der Waals surface area contributed by atoms with Crippen molar-refractivity contribution >= 4 is 17.4 Å². The molecule has 0 radical (unpaired) electrons. The van der Waals surface area contributed by atoms with E-state index in [2.05, 4.69) is 20.5 Å². The van der Waals surface area contributed by atoms with Crippen molar-refractivity contribution < 1.29 is 9.34 Å². The number of imidazole rings is 1. The molecule has 9 heteroatoms. The fraction of sp³-hybridized carbons (Fsp3) is 0. The third-order valence-corrected chi connectivity index (χ3v) is 3.65. The van der Waals surface area contributed by atoms with Crippen LogP contribution in [0.25, 0.3) is 17.1 Å². The van der Waals surface area contributed by atoms with Gasteiger partial charge in [0.2, 0.25) is 5.89 Å². The molecule has 0 unspecified atom stereocenters. The molecule has 2 aromatic heterocycles. The van der Waals surface area contributed by atoms with E-state index >= 15 is 0 Å². The van der Waals surface area contributed by atoms with Gasteiger partial charge in [0.25, 0.3) is 5.69 Å². The lowest BCUT2D eigenvalue weighted by atomic mass is 10.2. The van der Waals surface area contributed by atoms with Gasteiger partial charge in [-0.05, 0) is 30.3 Å². The van der Waals surface area contributed by atoms with Gasteiger partial charge in [-0.25, -0.2) is 4.98 Å². The van der Waals surface area contributed by atoms with E-state index in [0.717, 1.165) is 11.3 Å². The van der Waals surface area contributed by atoms with Crippen molar-refractivity contribution in [2.75, 3.05) is 5.32 Å². The number of non-ortho nitro benzene ring substituents is 1. The van der Waals surface area contributed by atoms with Crippen molar-refractivity contribution in [2.24, 2.45) is 0 Å². The molecule has 0 saturated carbocycles. The highest BCUT2D eigenvalue weighted by atomic mass is 16.6. The second-order valence-corrected chi connectivity index (χ2v) is 5.36. The number of benzene rings is 2. The SMILES string of the molecule is O=[N+]([O-])c1cccc(Nc2nnc(-c3ccc(-n4ccnc4)cc3)o2)c1. The van der Waals surface area contributed by atoms with Gasteiger partial charge < -0.3 is 14.3 Å². The number of rotatable bonds is 5. The molecule has 4 rings (SSSR count). The van der Waals surface area contributed by atoms with Crippen molar-refractivity contribution in [1.29, 1.82) is 0 Å². The molecule has 0 aliphatic heterocycles. The van der Waals surface area contributed by atoms with Crippen LogP contribution in [0.3, 0.4) is 0 Å². The van der Waals surface area contributed by atoms with Crippen LogP contribution < -0.4 is 5.32 Å². The number of nitrogens with one attached hydrogen (secondary N) is 1. The number of anilines is 2. The summed E-state index contributed by atoms with van der Waals surface area (Å²) in [6.45, 7) is 0. The van der Waals surface area contributed by atoms with Gasteiger partial charge in [-0.1, -0.05) is 11.2 Å². The van der Waals surface area contributed by atoms with E-state index in [1.165, 1.54) is 12.1 Å². The molecule has 0 fully saturated rings. The van der Waals surface area contributed by atoms with Gasteiger partial charge in [-0.3, -0.25) is 10.1 Å². The molecule has 0 spiro atoms. The maximum atomic E-state index is 10.8. The molecule has 0 aliphatic carbocycles. The maximum absolute atomic E-state index is 10.8. The van der Waals surface area contributed by atoms with E-state index in [-0.39, 0.29) is 11.7 Å². The average Bonchev–Trinajstić information content (AvgIpc) is 3.34. The summed E-state index contributed by atoms with van der Waals surface area (Å²) in [5, 5.41) is 21.6. The van der Waals surface area contributed by atoms with E-state index in [4.69, 9.17) is 4.42 Å². The Kier molecular flexibility index (Phi) is 3.86. The molecule has 0 amide bonds. The second-order valence-electron chi connectivity index (χ2n) is 5.36. The van der Waals surface area contributed by atoms with E-state index in [1.807, 2.05) is 35.0 Å². The van der Waals surface area contributed by atoms with Crippen LogP contribution in [0, 0.1) is 10.1 Å². The summed E-state index contributed by atoms with van der Waals surface area (Å²) in [5.41, 5.74) is 2.18. The Balaban J connectivity index is 1.53. The minimum Gasteiger partial charge on any atom is -0.403 e. The molecular weight excluding hydrogens is 336 g/mol. The van der Waals surface area contributed by atoms with Crippen molar-refractivity contribution in [3.63, 3.8) is 0 Å². The molecule has 1 N–H and O–H groups in total. The zero-order valence-corrected chi connectivity index (χ0v) is 13.3. The van der Waals surface area contributed by atoms with Crippen molar-refractivity contribution in [1.82, 2.24) is 19.7 Å². The summed E-state index contributed by atoms with van der Waals surface area (Å²) in [5.74, 6) is 0.343. The monoisotopic (exact) mass is 348 g/mol. The largest absolute Gasteiger partial charge is 0.403 e. The van der Waals surface area contributed by atoms with Gasteiger partial charge in [0.1, 0.15) is 0 Å². The normalized spacial score (nSPS) is 10.6. The van der Waals surface area contributed by atoms with Gasteiger partial charge in [0.15, 0.2) is 0 Å². The Hall–Kier alpha value is -4.01. The lowest BCUT2D eigenvalue weighted by Crippen LogP contribution is -1.93. The summed E-state index contributed by atoms with van der Waals surface area (Å²) in [4.78, 5) is 14.4. The fourth-order valence-corrected chi connectivity index (χ4v) is 2.40. The van der Waals surface area contributed by atoms with Crippen LogP contribution in [-0.4, -0.2) is 24.7 Å². The van der Waals surface area contributed by atoms with Crippen LogP contribution in [0.4, 0.5) is 17.4 Å². The van der Waals surface area contributed by atoms with Crippen molar-refractivity contribution in [3.8, 4) is 17.1 Å². The Morgan fingerprint density at radius 3 is 2.69 bits per heavy atom. The molecular formula is C17H12N6O3. The number of aromatic nitrogens is 4. The van der Waals surface area contributed by atoms with Crippen LogP contribution in [0.1, 0.15) is 0 Å². The highest BCUT2D eigenvalue weighted by Gasteiger charge is 2.11. The van der Waals surface area contributed by atoms with Gasteiger partial charge in [0.05, 0.1) is 11.3 Å². The predicted octanol–water partition coefficient (Wildman–Crippen LogP) is 3.57. The molecule has 0 saturated heterocycles. The number of nitro benzene ring substituents is 1. The number of hydrogen-bond acceptors (Lipinski definition) is 7. The van der Waals surface area contributed by atoms with E-state index in [0.29, 0.717) is 11.6 Å². The van der Waals surface area contributed by atoms with Gasteiger partial charge in [0, 0.05) is 41.5 Å². The Labute approximate surface area is 147 Å². The summed E-state index contributed by atoms with van der Waals surface area (Å²) in [7, 11) is 0. The standard InChI is InChI=1S/C17H12N6O3/c24-23(25)15-3-1-2-13(10-15)19-17-21-20-16(26-17)12-4-6-14(7-5-12)22-9-8-18-11-22/h1-11H,(H,19,21). The van der Waals surface area contributed by atoms with Gasteiger partial charge >= 0.3 is 6.01 Å². The highest BCUT2D eigenvalue weighted by molar-refractivity contribution is 5.59. The van der Waals surface area contributed by atoms with Crippen LogP contribution in [-0.2, 0) is 0 Å². The van der Waals surface area contributed by atoms with E-state index in [9.17, 15) is 10.1 Å². The quantitative estimate of drug-likeness (QED) is 0.433. The Morgan fingerprint density at radius 1 is 1.12 bits per heavy atom. The number of nitro groups is 1. The fourth-order valence-electron chi connectivity index (χ4n) is 2.40. The number of nitrogens with zero attached hydrogens (tertiary/aromatic N) is 5. The first kappa shape index (κ1) is 15.5. The van der Waals surface area contributed by atoms with Crippen LogP contribution >= 0.6 is 0 Å². The second kappa shape index (κ2) is 6.48. The topological polar surface area (TPSA) is 112 Å². The van der Waals surface area contributed by atoms with Crippen LogP contribution in [0.15, 0.2) is 71.7 Å². The maximum Gasteiger partial charge on any atom is 0.320 e. The third kappa shape index (κ3) is 3.13. The zero-order valence-electron chi connectivity index (χ0n) is 13.3. The van der Waals surface area contributed by atoms with Gasteiger partial charge in [-0.2, -0.15) is 0 Å². The molecule has 0 aliphatic rings. The van der Waals surface area contributed by atoms with Crippen LogP contribution in [0.2, 0.25) is 0 Å². The zero-order chi connectivity index (χ0) is 17.9. The molecule has 26 heavy (non-hydrogen) atoms. The van der Waals surface area contributed by atoms with Crippen LogP contribution in [0.5, 0.6) is 0 Å². The molecule has 0 bridgehead atoms. The van der Waals surface area contributed by atoms with E-state index < -0.39 is 4.92 Å². The molecule has 2 aromatic carbocycles. The smallest absolute Gasteiger partial charge is 0.320 e. The average molecular weight is 348 g/mol. The Morgan fingerprint density at radius 2 is 1.96 bits per heavy atom. The lowest BCUT2D eigenvalue weighted by molar-refractivity contribution is -0.384. The minimum atomic E-state index is -0.466. The van der Waals surface area contributed by atoms with Crippen molar-refractivity contribution in [3.05, 3.63) is 77.4 Å². The van der Waals surface area contributed by atoms with Crippen molar-refractivity contribution in [2.45, 2.75) is 0 Å². The molecule has 128 valence electrons. The van der Waals surface area contributed by atoms with Gasteiger partial charge in [-0.15, -0.1) is 5.10 Å². The summed E-state index contributed by atoms with van der Waals surface area (Å²) in [6, 6.07) is 13.8. The summed E-state index contributed by atoms with van der Waals surface area (Å²) < 4.78 is 7.46. The minimum absolute atomic E-state index is 0.0233. The first-order valence-corrected chi connectivity index (χ1v) is 7.63. The summed E-state index contributed by atoms with van der Waals surface area (Å²) >= 11 is 0. The number of hydrogen-bond donors (Lipinski definition) is 1. The molecule has 4 aromatic rings.